The van der Waals surface area contributed by atoms with Gasteiger partial charge in [-0.1, -0.05) is 11.6 Å². The van der Waals surface area contributed by atoms with E-state index in [0.29, 0.717) is 34.4 Å². The molecule has 0 saturated carbocycles. The summed E-state index contributed by atoms with van der Waals surface area (Å²) in [5.74, 6) is 0.522. The summed E-state index contributed by atoms with van der Waals surface area (Å²) in [5, 5.41) is 3.34. The van der Waals surface area contributed by atoms with Crippen molar-refractivity contribution in [2.45, 2.75) is 20.0 Å². The molecule has 0 aliphatic rings. The van der Waals surface area contributed by atoms with Gasteiger partial charge in [0.2, 0.25) is 0 Å². The maximum absolute atomic E-state index is 12.2. The predicted octanol–water partition coefficient (Wildman–Crippen LogP) is 3.96. The van der Waals surface area contributed by atoms with Crippen molar-refractivity contribution in [1.82, 2.24) is 0 Å². The number of carbonyl (C=O) groups excluding carboxylic acids is 2. The van der Waals surface area contributed by atoms with E-state index in [2.05, 4.69) is 5.32 Å². The van der Waals surface area contributed by atoms with Crippen LogP contribution in [0, 0.1) is 0 Å². The number of carbonyl (C=O) groups is 2. The van der Waals surface area contributed by atoms with E-state index in [1.54, 1.807) is 49.4 Å². The molecule has 6 heteroatoms. The summed E-state index contributed by atoms with van der Waals surface area (Å²) in [7, 11) is 0. The smallest absolute Gasteiger partial charge is 0.265 e. The summed E-state index contributed by atoms with van der Waals surface area (Å²) in [6.45, 7) is 3.88. The average molecular weight is 348 g/mol. The summed E-state index contributed by atoms with van der Waals surface area (Å²) < 4.78 is 11.1. The van der Waals surface area contributed by atoms with Crippen molar-refractivity contribution in [3.63, 3.8) is 0 Å². The van der Waals surface area contributed by atoms with E-state index in [-0.39, 0.29) is 5.91 Å². The first-order chi connectivity index (χ1) is 11.5. The van der Waals surface area contributed by atoms with Crippen molar-refractivity contribution < 1.29 is 19.1 Å². The third-order valence-electron chi connectivity index (χ3n) is 3.19. The van der Waals surface area contributed by atoms with Crippen molar-refractivity contribution in [3.8, 4) is 11.5 Å². The highest BCUT2D eigenvalue weighted by Crippen LogP contribution is 2.29. The van der Waals surface area contributed by atoms with E-state index in [1.807, 2.05) is 6.92 Å². The van der Waals surface area contributed by atoms with Gasteiger partial charge in [0.25, 0.3) is 5.91 Å². The van der Waals surface area contributed by atoms with Crippen molar-refractivity contribution in [2.75, 3.05) is 11.9 Å². The Bertz CT molecular complexity index is 715. The molecule has 1 atom stereocenters. The van der Waals surface area contributed by atoms with Crippen molar-refractivity contribution in [1.29, 1.82) is 0 Å². The first kappa shape index (κ1) is 17.8. The van der Waals surface area contributed by atoms with Gasteiger partial charge in [0.1, 0.15) is 6.29 Å². The number of ether oxygens (including phenoxy) is 2. The molecular weight excluding hydrogens is 330 g/mol. The molecule has 126 valence electrons. The molecule has 5 nitrogen and oxygen atoms in total. The Hall–Kier alpha value is -2.53. The van der Waals surface area contributed by atoms with Crippen LogP contribution in [-0.4, -0.2) is 24.9 Å². The Balaban J connectivity index is 2.07. The SMILES string of the molecule is CCOc1cc(C=O)ccc1O[C@@H](C)C(=O)Nc1ccc(Cl)cc1. The van der Waals surface area contributed by atoms with E-state index in [1.165, 1.54) is 0 Å². The van der Waals surface area contributed by atoms with Crippen molar-refractivity contribution in [2.24, 2.45) is 0 Å². The minimum Gasteiger partial charge on any atom is -0.490 e. The standard InChI is InChI=1S/C18H18ClNO4/c1-3-23-17-10-13(11-21)4-9-16(17)24-12(2)18(22)20-15-7-5-14(19)6-8-15/h4-12H,3H2,1-2H3,(H,20,22)/t12-/m0/s1. The Kier molecular flexibility index (Phi) is 6.21. The summed E-state index contributed by atoms with van der Waals surface area (Å²) in [6.07, 6.45) is -0.0230. The average Bonchev–Trinajstić information content (AvgIpc) is 2.58. The van der Waals surface area contributed by atoms with Crippen LogP contribution in [-0.2, 0) is 4.79 Å². The van der Waals surface area contributed by atoms with Gasteiger partial charge in [-0.25, -0.2) is 0 Å². The molecule has 0 aromatic heterocycles. The lowest BCUT2D eigenvalue weighted by molar-refractivity contribution is -0.122. The number of anilines is 1. The fraction of sp³-hybridized carbons (Fsp3) is 0.222. The number of halogens is 1. The van der Waals surface area contributed by atoms with Crippen LogP contribution in [0.3, 0.4) is 0 Å². The molecule has 2 aromatic carbocycles. The Morgan fingerprint density at radius 1 is 1.21 bits per heavy atom. The lowest BCUT2D eigenvalue weighted by Crippen LogP contribution is -2.30. The second-order valence-corrected chi connectivity index (χ2v) is 5.45. The highest BCUT2D eigenvalue weighted by Gasteiger charge is 2.17. The molecule has 0 unspecified atom stereocenters. The van der Waals surface area contributed by atoms with E-state index < -0.39 is 6.10 Å². The monoisotopic (exact) mass is 347 g/mol. The largest absolute Gasteiger partial charge is 0.490 e. The lowest BCUT2D eigenvalue weighted by atomic mass is 10.2. The first-order valence-electron chi connectivity index (χ1n) is 7.48. The zero-order chi connectivity index (χ0) is 17.5. The van der Waals surface area contributed by atoms with Crippen LogP contribution in [0.5, 0.6) is 11.5 Å². The molecule has 1 N–H and O–H groups in total. The van der Waals surface area contributed by atoms with Crippen molar-refractivity contribution >= 4 is 29.5 Å². The van der Waals surface area contributed by atoms with Gasteiger partial charge in [-0.15, -0.1) is 0 Å². The van der Waals surface area contributed by atoms with Crippen LogP contribution in [0.4, 0.5) is 5.69 Å². The Morgan fingerprint density at radius 3 is 2.54 bits per heavy atom. The summed E-state index contributed by atoms with van der Waals surface area (Å²) >= 11 is 5.81. The Morgan fingerprint density at radius 2 is 1.92 bits per heavy atom. The van der Waals surface area contributed by atoms with Crippen LogP contribution in [0.2, 0.25) is 5.02 Å². The number of nitrogens with one attached hydrogen (secondary N) is 1. The summed E-state index contributed by atoms with van der Waals surface area (Å²) in [4.78, 5) is 23.1. The maximum atomic E-state index is 12.2. The predicted molar refractivity (Wildman–Crippen MR) is 93.2 cm³/mol. The molecule has 0 heterocycles. The first-order valence-corrected chi connectivity index (χ1v) is 7.86. The third-order valence-corrected chi connectivity index (χ3v) is 3.44. The fourth-order valence-corrected chi connectivity index (χ4v) is 2.11. The van der Waals surface area contributed by atoms with Crippen LogP contribution in [0.15, 0.2) is 42.5 Å². The second kappa shape index (κ2) is 8.36. The minimum absolute atomic E-state index is 0.306. The zero-order valence-corrected chi connectivity index (χ0v) is 14.2. The number of rotatable bonds is 7. The number of amides is 1. The van der Waals surface area contributed by atoms with Gasteiger partial charge in [-0.2, -0.15) is 0 Å². The van der Waals surface area contributed by atoms with Gasteiger partial charge in [-0.05, 0) is 56.3 Å². The van der Waals surface area contributed by atoms with E-state index in [4.69, 9.17) is 21.1 Å². The van der Waals surface area contributed by atoms with Crippen LogP contribution < -0.4 is 14.8 Å². The number of hydrogen-bond donors (Lipinski definition) is 1. The molecule has 24 heavy (non-hydrogen) atoms. The van der Waals surface area contributed by atoms with Gasteiger partial charge >= 0.3 is 0 Å². The molecule has 0 radical (unpaired) electrons. The molecule has 0 aliphatic carbocycles. The minimum atomic E-state index is -0.748. The highest BCUT2D eigenvalue weighted by atomic mass is 35.5. The molecule has 0 spiro atoms. The molecular formula is C18H18ClNO4. The van der Waals surface area contributed by atoms with E-state index in [0.717, 1.165) is 6.29 Å². The number of benzene rings is 2. The molecule has 0 fully saturated rings. The van der Waals surface area contributed by atoms with Gasteiger partial charge in [0, 0.05) is 16.3 Å². The molecule has 0 bridgehead atoms. The molecule has 1 amide bonds. The van der Waals surface area contributed by atoms with Gasteiger partial charge < -0.3 is 14.8 Å². The van der Waals surface area contributed by atoms with E-state index >= 15 is 0 Å². The van der Waals surface area contributed by atoms with E-state index in [9.17, 15) is 9.59 Å². The fourth-order valence-electron chi connectivity index (χ4n) is 1.98. The highest BCUT2D eigenvalue weighted by molar-refractivity contribution is 6.30. The van der Waals surface area contributed by atoms with Crippen molar-refractivity contribution in [3.05, 3.63) is 53.1 Å². The molecule has 0 aliphatic heterocycles. The molecule has 2 aromatic rings. The zero-order valence-electron chi connectivity index (χ0n) is 13.4. The summed E-state index contributed by atoms with van der Waals surface area (Å²) in [5.41, 5.74) is 1.10. The number of hydrogen-bond acceptors (Lipinski definition) is 4. The topological polar surface area (TPSA) is 64.6 Å². The summed E-state index contributed by atoms with van der Waals surface area (Å²) in [6, 6.07) is 11.6. The number of aldehydes is 1. The van der Waals surface area contributed by atoms with Gasteiger partial charge in [0.05, 0.1) is 6.61 Å². The van der Waals surface area contributed by atoms with Crippen LogP contribution >= 0.6 is 11.6 Å². The lowest BCUT2D eigenvalue weighted by Gasteiger charge is -2.17. The second-order valence-electron chi connectivity index (χ2n) is 5.01. The van der Waals surface area contributed by atoms with Crippen LogP contribution in [0.1, 0.15) is 24.2 Å². The maximum Gasteiger partial charge on any atom is 0.265 e. The Labute approximate surface area is 145 Å². The van der Waals surface area contributed by atoms with Gasteiger partial charge in [-0.3, -0.25) is 9.59 Å². The molecule has 2 rings (SSSR count). The normalized spacial score (nSPS) is 11.5. The quantitative estimate of drug-likeness (QED) is 0.770. The third kappa shape index (κ3) is 4.73. The van der Waals surface area contributed by atoms with Gasteiger partial charge in [0.15, 0.2) is 17.6 Å². The van der Waals surface area contributed by atoms with Crippen LogP contribution in [0.25, 0.3) is 0 Å². The molecule has 0 saturated heterocycles.